The van der Waals surface area contributed by atoms with Crippen LogP contribution in [-0.4, -0.2) is 16.1 Å². The second-order valence-corrected chi connectivity index (χ2v) is 3.76. The second kappa shape index (κ2) is 5.65. The predicted octanol–water partition coefficient (Wildman–Crippen LogP) is 2.64. The Morgan fingerprint density at radius 3 is 2.68 bits per heavy atom. The molecule has 0 atom stereocenters. The normalized spacial score (nSPS) is 9.63. The van der Waals surface area contributed by atoms with Crippen LogP contribution in [0.3, 0.4) is 0 Å². The maximum absolute atomic E-state index is 11.0. The first-order valence-electron chi connectivity index (χ1n) is 5.52. The second-order valence-electron chi connectivity index (χ2n) is 3.76. The molecule has 1 heterocycles. The molecule has 0 amide bonds. The van der Waals surface area contributed by atoms with Crippen molar-refractivity contribution in [1.82, 2.24) is 4.98 Å². The van der Waals surface area contributed by atoms with Crippen LogP contribution in [0.15, 0.2) is 42.7 Å². The number of carbonyl (C=O) groups is 1. The van der Waals surface area contributed by atoms with E-state index < -0.39 is 5.97 Å². The number of carboxylic acid groups (broad SMARTS) is 1. The molecule has 0 saturated carbocycles. The van der Waals surface area contributed by atoms with E-state index in [9.17, 15) is 4.79 Å². The number of ether oxygens (including phenoxy) is 1. The Labute approximate surface area is 109 Å². The van der Waals surface area contributed by atoms with E-state index in [1.54, 1.807) is 24.3 Å². The van der Waals surface area contributed by atoms with Crippen molar-refractivity contribution in [3.05, 3.63) is 53.9 Å². The Balaban J connectivity index is 2.22. The highest BCUT2D eigenvalue weighted by Crippen LogP contribution is 2.24. The molecule has 0 aliphatic carbocycles. The summed E-state index contributed by atoms with van der Waals surface area (Å²) in [5, 5.41) is 17.6. The van der Waals surface area contributed by atoms with E-state index in [2.05, 4.69) is 11.1 Å². The van der Waals surface area contributed by atoms with Crippen LogP contribution in [0.4, 0.5) is 0 Å². The smallest absolute Gasteiger partial charge is 0.341 e. The van der Waals surface area contributed by atoms with Gasteiger partial charge in [0.25, 0.3) is 0 Å². The van der Waals surface area contributed by atoms with Crippen LogP contribution < -0.4 is 4.74 Å². The van der Waals surface area contributed by atoms with Gasteiger partial charge in [0.15, 0.2) is 0 Å². The number of pyridine rings is 1. The van der Waals surface area contributed by atoms with Crippen molar-refractivity contribution in [2.45, 2.75) is 6.42 Å². The van der Waals surface area contributed by atoms with E-state index in [0.29, 0.717) is 12.2 Å². The van der Waals surface area contributed by atoms with E-state index >= 15 is 0 Å². The third kappa shape index (κ3) is 3.07. The fourth-order valence-corrected chi connectivity index (χ4v) is 1.52. The van der Waals surface area contributed by atoms with Gasteiger partial charge in [-0.3, -0.25) is 4.98 Å². The van der Waals surface area contributed by atoms with Crippen molar-refractivity contribution in [1.29, 1.82) is 5.26 Å². The first-order chi connectivity index (χ1) is 9.20. The van der Waals surface area contributed by atoms with Crippen LogP contribution in [0.5, 0.6) is 11.5 Å². The molecule has 0 aliphatic heterocycles. The summed E-state index contributed by atoms with van der Waals surface area (Å²) < 4.78 is 5.50. The molecule has 94 valence electrons. The first kappa shape index (κ1) is 12.6. The van der Waals surface area contributed by atoms with Gasteiger partial charge in [-0.2, -0.15) is 5.26 Å². The van der Waals surface area contributed by atoms with Crippen LogP contribution in [0.2, 0.25) is 0 Å². The Morgan fingerprint density at radius 1 is 1.32 bits per heavy atom. The van der Waals surface area contributed by atoms with Gasteiger partial charge < -0.3 is 9.84 Å². The van der Waals surface area contributed by atoms with Crippen molar-refractivity contribution in [3.8, 4) is 17.6 Å². The SMILES string of the molecule is N#CCc1ccc(Oc2ccncc2C(=O)O)cc1. The number of rotatable bonds is 4. The molecular weight excluding hydrogens is 244 g/mol. The maximum atomic E-state index is 11.0. The molecule has 1 aromatic heterocycles. The minimum Gasteiger partial charge on any atom is -0.477 e. The van der Waals surface area contributed by atoms with Gasteiger partial charge >= 0.3 is 5.97 Å². The molecule has 5 nitrogen and oxygen atoms in total. The number of aromatic carboxylic acids is 1. The van der Waals surface area contributed by atoms with E-state index in [1.165, 1.54) is 18.5 Å². The van der Waals surface area contributed by atoms with Gasteiger partial charge in [-0.25, -0.2) is 4.79 Å². The Bertz CT molecular complexity index is 630. The number of hydrogen-bond donors (Lipinski definition) is 1. The highest BCUT2D eigenvalue weighted by molar-refractivity contribution is 5.90. The van der Waals surface area contributed by atoms with Gasteiger partial charge in [0.2, 0.25) is 0 Å². The summed E-state index contributed by atoms with van der Waals surface area (Å²) in [6.07, 6.45) is 3.03. The van der Waals surface area contributed by atoms with Crippen LogP contribution in [0.1, 0.15) is 15.9 Å². The number of nitrogens with zero attached hydrogens (tertiary/aromatic N) is 2. The van der Waals surface area contributed by atoms with Crippen LogP contribution in [-0.2, 0) is 6.42 Å². The summed E-state index contributed by atoms with van der Waals surface area (Å²) in [4.78, 5) is 14.7. The Morgan fingerprint density at radius 2 is 2.05 bits per heavy atom. The van der Waals surface area contributed by atoms with Gasteiger partial charge in [-0.15, -0.1) is 0 Å². The maximum Gasteiger partial charge on any atom is 0.341 e. The molecule has 19 heavy (non-hydrogen) atoms. The van der Waals surface area contributed by atoms with Crippen molar-refractivity contribution < 1.29 is 14.6 Å². The summed E-state index contributed by atoms with van der Waals surface area (Å²) >= 11 is 0. The van der Waals surface area contributed by atoms with Crippen molar-refractivity contribution in [2.24, 2.45) is 0 Å². The average Bonchev–Trinajstić information content (AvgIpc) is 2.42. The van der Waals surface area contributed by atoms with E-state index in [1.807, 2.05) is 0 Å². The zero-order valence-corrected chi connectivity index (χ0v) is 9.91. The monoisotopic (exact) mass is 254 g/mol. The minimum atomic E-state index is -1.09. The molecule has 1 aromatic carbocycles. The number of nitriles is 1. The lowest BCUT2D eigenvalue weighted by Crippen LogP contribution is -2.00. The third-order valence-corrected chi connectivity index (χ3v) is 2.45. The van der Waals surface area contributed by atoms with Crippen molar-refractivity contribution in [3.63, 3.8) is 0 Å². The lowest BCUT2D eigenvalue weighted by atomic mass is 10.1. The summed E-state index contributed by atoms with van der Waals surface area (Å²) in [5.74, 6) is -0.352. The Hall–Kier alpha value is -2.87. The fraction of sp³-hybridized carbons (Fsp3) is 0.0714. The largest absolute Gasteiger partial charge is 0.477 e. The molecule has 0 fully saturated rings. The minimum absolute atomic E-state index is 0.00333. The molecule has 0 unspecified atom stereocenters. The fourth-order valence-electron chi connectivity index (χ4n) is 1.52. The van der Waals surface area contributed by atoms with Gasteiger partial charge in [0.1, 0.15) is 17.1 Å². The quantitative estimate of drug-likeness (QED) is 0.906. The number of hydrogen-bond acceptors (Lipinski definition) is 4. The standard InChI is InChI=1S/C14H10N2O3/c15-7-5-10-1-3-11(4-2-10)19-13-6-8-16-9-12(13)14(17)18/h1-4,6,8-9H,5H2,(H,17,18). The van der Waals surface area contributed by atoms with Crippen molar-refractivity contribution in [2.75, 3.05) is 0 Å². The molecule has 0 radical (unpaired) electrons. The first-order valence-corrected chi connectivity index (χ1v) is 5.52. The van der Waals surface area contributed by atoms with Crippen LogP contribution >= 0.6 is 0 Å². The topological polar surface area (TPSA) is 83.2 Å². The summed E-state index contributed by atoms with van der Waals surface area (Å²) in [6.45, 7) is 0. The van der Waals surface area contributed by atoms with E-state index in [0.717, 1.165) is 5.56 Å². The molecule has 1 N–H and O–H groups in total. The van der Waals surface area contributed by atoms with Crippen molar-refractivity contribution >= 4 is 5.97 Å². The van der Waals surface area contributed by atoms with Gasteiger partial charge in [0, 0.05) is 18.5 Å². The Kier molecular flexibility index (Phi) is 3.74. The lowest BCUT2D eigenvalue weighted by Gasteiger charge is -2.08. The van der Waals surface area contributed by atoms with Gasteiger partial charge in [-0.05, 0) is 17.7 Å². The molecule has 2 aromatic rings. The van der Waals surface area contributed by atoms with Crippen LogP contribution in [0.25, 0.3) is 0 Å². The molecule has 2 rings (SSSR count). The molecule has 0 saturated heterocycles. The zero-order valence-electron chi connectivity index (χ0n) is 9.91. The van der Waals surface area contributed by atoms with Gasteiger partial charge in [-0.1, -0.05) is 12.1 Å². The average molecular weight is 254 g/mol. The van der Waals surface area contributed by atoms with E-state index in [4.69, 9.17) is 15.1 Å². The number of carboxylic acids is 1. The predicted molar refractivity (Wildman–Crippen MR) is 67.0 cm³/mol. The zero-order chi connectivity index (χ0) is 13.7. The highest BCUT2D eigenvalue weighted by Gasteiger charge is 2.11. The lowest BCUT2D eigenvalue weighted by molar-refractivity contribution is 0.0693. The molecule has 0 bridgehead atoms. The number of aromatic nitrogens is 1. The molecule has 5 heteroatoms. The molecular formula is C14H10N2O3. The molecule has 0 spiro atoms. The van der Waals surface area contributed by atoms with Gasteiger partial charge in [0.05, 0.1) is 12.5 Å². The van der Waals surface area contributed by atoms with E-state index in [-0.39, 0.29) is 11.3 Å². The highest BCUT2D eigenvalue weighted by atomic mass is 16.5. The summed E-state index contributed by atoms with van der Waals surface area (Å²) in [5.41, 5.74) is 0.881. The van der Waals surface area contributed by atoms with Crippen LogP contribution in [0, 0.1) is 11.3 Å². The molecule has 0 aliphatic rings. The number of benzene rings is 1. The summed E-state index contributed by atoms with van der Waals surface area (Å²) in [6, 6.07) is 10.5. The third-order valence-electron chi connectivity index (χ3n) is 2.45. The summed E-state index contributed by atoms with van der Waals surface area (Å²) in [7, 11) is 0.